The normalized spacial score (nSPS) is 16.1. The summed E-state index contributed by atoms with van der Waals surface area (Å²) in [5.41, 5.74) is 3.28. The van der Waals surface area contributed by atoms with E-state index in [0.29, 0.717) is 10.3 Å². The van der Waals surface area contributed by atoms with E-state index in [9.17, 15) is 0 Å². The monoisotopic (exact) mass is 357 g/mol. The first-order valence-electron chi connectivity index (χ1n) is 7.59. The molecule has 0 bridgehead atoms. The smallest absolute Gasteiger partial charge is 0.229 e. The number of fused-ring (bicyclic) bond motifs is 3. The predicted molar refractivity (Wildman–Crippen MR) is 94.3 cm³/mol. The van der Waals surface area contributed by atoms with Crippen molar-refractivity contribution < 1.29 is 0 Å². The average Bonchev–Trinajstić information content (AvgIpc) is 2.91. The summed E-state index contributed by atoms with van der Waals surface area (Å²) in [5, 5.41) is 9.19. The van der Waals surface area contributed by atoms with Crippen molar-refractivity contribution in [1.29, 1.82) is 0 Å². The molecule has 0 N–H and O–H groups in total. The number of hydrogen-bond donors (Lipinski definition) is 0. The fraction of sp³-hybridized carbons (Fsp3) is 0.176. The van der Waals surface area contributed by atoms with E-state index in [0.717, 1.165) is 34.9 Å². The first-order valence-corrected chi connectivity index (χ1v) is 8.35. The lowest BCUT2D eigenvalue weighted by Crippen LogP contribution is -2.09. The molecule has 0 saturated carbocycles. The van der Waals surface area contributed by atoms with E-state index >= 15 is 0 Å². The average molecular weight is 358 g/mol. The molecule has 1 aromatic carbocycles. The lowest BCUT2D eigenvalue weighted by atomic mass is 10.0. The van der Waals surface area contributed by atoms with Crippen LogP contribution in [0, 0.1) is 0 Å². The van der Waals surface area contributed by atoms with E-state index in [1.54, 1.807) is 6.20 Å². The second-order valence-corrected chi connectivity index (χ2v) is 6.22. The van der Waals surface area contributed by atoms with Gasteiger partial charge in [0.05, 0.1) is 17.1 Å². The maximum Gasteiger partial charge on any atom is 0.229 e. The minimum absolute atomic E-state index is 0.159. The Hall–Kier alpha value is -2.24. The van der Waals surface area contributed by atoms with Gasteiger partial charge in [-0.2, -0.15) is 0 Å². The first-order chi connectivity index (χ1) is 11.7. The molecule has 2 aromatic heterocycles. The van der Waals surface area contributed by atoms with Crippen LogP contribution in [0.4, 0.5) is 0 Å². The van der Waals surface area contributed by atoms with Crippen LogP contribution in [0.3, 0.4) is 0 Å². The van der Waals surface area contributed by atoms with Gasteiger partial charge in [-0.15, -0.1) is 10.2 Å². The molecule has 120 valence electrons. The number of pyridine rings is 1. The lowest BCUT2D eigenvalue weighted by Gasteiger charge is -2.11. The third-order valence-corrected chi connectivity index (χ3v) is 4.46. The molecule has 1 unspecified atom stereocenters. The van der Waals surface area contributed by atoms with Gasteiger partial charge < -0.3 is 0 Å². The maximum absolute atomic E-state index is 6.30. The van der Waals surface area contributed by atoms with Crippen molar-refractivity contribution in [2.75, 3.05) is 0 Å². The molecule has 5 nitrogen and oxygen atoms in total. The van der Waals surface area contributed by atoms with Crippen LogP contribution in [0.25, 0.3) is 5.69 Å². The SMILES string of the molecule is CCC1N=C(c2ccccn2)c2cc(Cl)ccc2-n2c(Cl)nnc21. The molecule has 0 radical (unpaired) electrons. The van der Waals surface area contributed by atoms with E-state index < -0.39 is 0 Å². The van der Waals surface area contributed by atoms with Crippen LogP contribution in [-0.2, 0) is 0 Å². The molecule has 1 aliphatic heterocycles. The van der Waals surface area contributed by atoms with E-state index in [4.69, 9.17) is 28.2 Å². The molecule has 1 aliphatic rings. The first kappa shape index (κ1) is 15.3. The van der Waals surface area contributed by atoms with Crippen LogP contribution < -0.4 is 0 Å². The Morgan fingerprint density at radius 2 is 2.00 bits per heavy atom. The summed E-state index contributed by atoms with van der Waals surface area (Å²) in [6.45, 7) is 2.06. The Morgan fingerprint density at radius 3 is 2.75 bits per heavy atom. The van der Waals surface area contributed by atoms with Crippen LogP contribution in [-0.4, -0.2) is 25.5 Å². The molecule has 0 spiro atoms. The second-order valence-electron chi connectivity index (χ2n) is 5.44. The van der Waals surface area contributed by atoms with Crippen LogP contribution in [0.15, 0.2) is 47.6 Å². The van der Waals surface area contributed by atoms with Crippen LogP contribution >= 0.6 is 23.2 Å². The molecule has 3 heterocycles. The minimum atomic E-state index is -0.159. The number of benzene rings is 1. The number of hydrogen-bond acceptors (Lipinski definition) is 4. The van der Waals surface area contributed by atoms with Gasteiger partial charge in [-0.05, 0) is 48.4 Å². The summed E-state index contributed by atoms with van der Waals surface area (Å²) in [4.78, 5) is 9.37. The highest BCUT2D eigenvalue weighted by Crippen LogP contribution is 2.34. The number of aromatic nitrogens is 4. The zero-order valence-electron chi connectivity index (χ0n) is 12.8. The summed E-state index contributed by atoms with van der Waals surface area (Å²) in [6.07, 6.45) is 2.52. The standard InChI is InChI=1S/C17H13Cl2N5/c1-2-12-16-22-23-17(19)24(16)14-7-6-10(18)9-11(14)15(21-12)13-5-3-4-8-20-13/h3-9,12H,2H2,1H3. The van der Waals surface area contributed by atoms with Gasteiger partial charge in [-0.3, -0.25) is 14.5 Å². The number of rotatable bonds is 2. The van der Waals surface area contributed by atoms with Gasteiger partial charge in [0.15, 0.2) is 5.82 Å². The molecular weight excluding hydrogens is 345 g/mol. The summed E-state index contributed by atoms with van der Waals surface area (Å²) in [5.74, 6) is 0.719. The Kier molecular flexibility index (Phi) is 3.82. The van der Waals surface area contributed by atoms with E-state index in [-0.39, 0.29) is 6.04 Å². The summed E-state index contributed by atoms with van der Waals surface area (Å²) >= 11 is 12.5. The Bertz CT molecular complexity index is 933. The largest absolute Gasteiger partial charge is 0.271 e. The Labute approximate surface area is 149 Å². The van der Waals surface area contributed by atoms with E-state index in [1.165, 1.54) is 0 Å². The molecule has 0 saturated heterocycles. The number of aliphatic imine (C=N–C) groups is 1. The Balaban J connectivity index is 2.06. The van der Waals surface area contributed by atoms with Crippen molar-refractivity contribution in [3.05, 3.63) is 70.0 Å². The van der Waals surface area contributed by atoms with Gasteiger partial charge in [0, 0.05) is 16.8 Å². The second kappa shape index (κ2) is 6.00. The topological polar surface area (TPSA) is 56.0 Å². The quantitative estimate of drug-likeness (QED) is 0.687. The Morgan fingerprint density at radius 1 is 1.12 bits per heavy atom. The van der Waals surface area contributed by atoms with Crippen LogP contribution in [0.5, 0.6) is 0 Å². The molecule has 7 heteroatoms. The molecule has 4 rings (SSSR count). The maximum atomic E-state index is 6.30. The van der Waals surface area contributed by atoms with Crippen molar-refractivity contribution in [3.63, 3.8) is 0 Å². The van der Waals surface area contributed by atoms with Crippen molar-refractivity contribution in [1.82, 2.24) is 19.7 Å². The zero-order valence-corrected chi connectivity index (χ0v) is 14.3. The van der Waals surface area contributed by atoms with Gasteiger partial charge in [-0.1, -0.05) is 24.6 Å². The molecule has 24 heavy (non-hydrogen) atoms. The van der Waals surface area contributed by atoms with Gasteiger partial charge in [-0.25, -0.2) is 0 Å². The van der Waals surface area contributed by atoms with E-state index in [2.05, 4.69) is 22.1 Å². The van der Waals surface area contributed by atoms with Gasteiger partial charge >= 0.3 is 0 Å². The van der Waals surface area contributed by atoms with Gasteiger partial charge in [0.1, 0.15) is 6.04 Å². The summed E-state index contributed by atoms with van der Waals surface area (Å²) < 4.78 is 1.83. The zero-order chi connectivity index (χ0) is 16.7. The minimum Gasteiger partial charge on any atom is -0.271 e. The highest BCUT2D eigenvalue weighted by atomic mass is 35.5. The highest BCUT2D eigenvalue weighted by molar-refractivity contribution is 6.31. The van der Waals surface area contributed by atoms with E-state index in [1.807, 2.05) is 41.0 Å². The van der Waals surface area contributed by atoms with Crippen molar-refractivity contribution in [2.45, 2.75) is 19.4 Å². The number of halogens is 2. The van der Waals surface area contributed by atoms with Gasteiger partial charge in [0.2, 0.25) is 5.28 Å². The third-order valence-electron chi connectivity index (χ3n) is 3.98. The molecule has 0 aliphatic carbocycles. The predicted octanol–water partition coefficient (Wildman–Crippen LogP) is 4.27. The molecule has 0 fully saturated rings. The molecule has 3 aromatic rings. The van der Waals surface area contributed by atoms with Crippen molar-refractivity contribution >= 4 is 28.9 Å². The number of nitrogens with zero attached hydrogens (tertiary/aromatic N) is 5. The fourth-order valence-corrected chi connectivity index (χ4v) is 3.26. The molecular formula is C17H13Cl2N5. The highest BCUT2D eigenvalue weighted by Gasteiger charge is 2.28. The molecule has 0 amide bonds. The summed E-state index contributed by atoms with van der Waals surface area (Å²) in [6, 6.07) is 11.2. The fourth-order valence-electron chi connectivity index (χ4n) is 2.87. The third kappa shape index (κ3) is 2.41. The lowest BCUT2D eigenvalue weighted by molar-refractivity contribution is 0.640. The summed E-state index contributed by atoms with van der Waals surface area (Å²) in [7, 11) is 0. The van der Waals surface area contributed by atoms with Crippen molar-refractivity contribution in [3.8, 4) is 5.69 Å². The molecule has 1 atom stereocenters. The van der Waals surface area contributed by atoms with Crippen molar-refractivity contribution in [2.24, 2.45) is 4.99 Å². The van der Waals surface area contributed by atoms with Crippen LogP contribution in [0.2, 0.25) is 10.3 Å². The van der Waals surface area contributed by atoms with Gasteiger partial charge in [0.25, 0.3) is 0 Å². The van der Waals surface area contributed by atoms with Crippen LogP contribution in [0.1, 0.15) is 36.5 Å².